The van der Waals surface area contributed by atoms with E-state index in [0.717, 1.165) is 12.8 Å². The molecule has 3 rings (SSSR count). The van der Waals surface area contributed by atoms with E-state index in [0.29, 0.717) is 28.0 Å². The summed E-state index contributed by atoms with van der Waals surface area (Å²) in [6.07, 6.45) is 2.59. The molecule has 0 fully saturated rings. The average Bonchev–Trinajstić information content (AvgIpc) is 3.14. The normalized spacial score (nSPS) is 19.6. The van der Waals surface area contributed by atoms with Crippen molar-refractivity contribution in [1.29, 1.82) is 0 Å². The van der Waals surface area contributed by atoms with Crippen LogP contribution in [0.2, 0.25) is 5.02 Å². The lowest BCUT2D eigenvalue weighted by Crippen LogP contribution is -2.31. The molecule has 27 heavy (non-hydrogen) atoms. The zero-order valence-electron chi connectivity index (χ0n) is 15.1. The summed E-state index contributed by atoms with van der Waals surface area (Å²) in [7, 11) is 1.26. The second-order valence-corrected chi connectivity index (χ2v) is 6.81. The predicted octanol–water partition coefficient (Wildman–Crippen LogP) is 3.08. The summed E-state index contributed by atoms with van der Waals surface area (Å²) in [5.74, 6) is -3.59. The molecule has 0 aliphatic carbocycles. The second kappa shape index (κ2) is 7.72. The van der Waals surface area contributed by atoms with Crippen LogP contribution >= 0.6 is 11.6 Å². The molecule has 1 unspecified atom stereocenters. The van der Waals surface area contributed by atoms with E-state index in [-0.39, 0.29) is 17.6 Å². The van der Waals surface area contributed by atoms with E-state index >= 15 is 0 Å². The highest BCUT2D eigenvalue weighted by Gasteiger charge is 2.49. The third kappa shape index (κ3) is 3.58. The summed E-state index contributed by atoms with van der Waals surface area (Å²) in [4.78, 5) is 32.6. The monoisotopic (exact) mass is 392 g/mol. The number of benzene rings is 1. The van der Waals surface area contributed by atoms with Gasteiger partial charge in [0, 0.05) is 22.3 Å². The van der Waals surface area contributed by atoms with Crippen molar-refractivity contribution in [3.63, 3.8) is 0 Å². The van der Waals surface area contributed by atoms with Gasteiger partial charge >= 0.3 is 5.97 Å². The highest BCUT2D eigenvalue weighted by Crippen LogP contribution is 2.42. The Morgan fingerprint density at radius 3 is 2.85 bits per heavy atom. The molecule has 0 spiro atoms. The predicted molar refractivity (Wildman–Crippen MR) is 101 cm³/mol. The first kappa shape index (κ1) is 19.4. The van der Waals surface area contributed by atoms with E-state index in [9.17, 15) is 14.7 Å². The Hall–Kier alpha value is -2.35. The minimum atomic E-state index is -1.90. The van der Waals surface area contributed by atoms with Crippen molar-refractivity contribution in [1.82, 2.24) is 10.5 Å². The van der Waals surface area contributed by atoms with Gasteiger partial charge in [0.1, 0.15) is 5.57 Å². The van der Waals surface area contributed by atoms with Gasteiger partial charge < -0.3 is 14.8 Å². The van der Waals surface area contributed by atoms with Crippen LogP contribution in [-0.4, -0.2) is 34.9 Å². The molecule has 7 nitrogen and oxygen atoms in total. The number of unbranched alkanes of at least 4 members (excludes halogenated alkanes) is 2. The topological polar surface area (TPSA) is 101 Å². The minimum Gasteiger partial charge on any atom is -0.425 e. The van der Waals surface area contributed by atoms with Crippen LogP contribution in [0.5, 0.6) is 0 Å². The van der Waals surface area contributed by atoms with Gasteiger partial charge in [-0.3, -0.25) is 9.63 Å². The number of ether oxygens (including phenoxy) is 1. The van der Waals surface area contributed by atoms with Crippen LogP contribution < -0.4 is 5.48 Å². The van der Waals surface area contributed by atoms with Gasteiger partial charge in [0.25, 0.3) is 5.91 Å². The Bertz CT molecular complexity index is 920. The van der Waals surface area contributed by atoms with E-state index in [1.54, 1.807) is 18.2 Å². The second-order valence-electron chi connectivity index (χ2n) is 6.40. The zero-order valence-corrected chi connectivity index (χ0v) is 15.9. The zero-order chi connectivity index (χ0) is 19.6. The van der Waals surface area contributed by atoms with Crippen molar-refractivity contribution >= 4 is 40.0 Å². The number of aromatic nitrogens is 1. The number of amides is 1. The summed E-state index contributed by atoms with van der Waals surface area (Å²) in [5.41, 5.74) is 3.02. The number of carbonyl (C=O) groups excluding carboxylic acids is 2. The molecule has 0 saturated heterocycles. The molecule has 0 saturated carbocycles. The molecule has 1 aromatic carbocycles. The molecular formula is C19H21ClN2O5. The Labute approximate surface area is 161 Å². The van der Waals surface area contributed by atoms with Gasteiger partial charge in [-0.25, -0.2) is 10.3 Å². The smallest absolute Gasteiger partial charge is 0.347 e. The number of cyclic esters (lactones) is 1. The molecule has 8 heteroatoms. The minimum absolute atomic E-state index is 0.0884. The van der Waals surface area contributed by atoms with Crippen molar-refractivity contribution in [2.45, 2.75) is 38.4 Å². The number of halogens is 1. The highest BCUT2D eigenvalue weighted by atomic mass is 35.5. The summed E-state index contributed by atoms with van der Waals surface area (Å²) in [6.45, 7) is 2.03. The Morgan fingerprint density at radius 1 is 1.41 bits per heavy atom. The number of nitrogens with one attached hydrogen (secondary N) is 2. The third-order valence-electron chi connectivity index (χ3n) is 4.53. The van der Waals surface area contributed by atoms with E-state index in [4.69, 9.17) is 16.3 Å². The van der Waals surface area contributed by atoms with Gasteiger partial charge in [-0.1, -0.05) is 37.4 Å². The first-order chi connectivity index (χ1) is 12.9. The summed E-state index contributed by atoms with van der Waals surface area (Å²) < 4.78 is 5.24. The molecule has 0 bridgehead atoms. The summed E-state index contributed by atoms with van der Waals surface area (Å²) in [6, 6.07) is 7.02. The number of carbonyl (C=O) groups is 2. The first-order valence-corrected chi connectivity index (χ1v) is 9.10. The number of aromatic amines is 1. The lowest BCUT2D eigenvalue weighted by atomic mass is 9.94. The van der Waals surface area contributed by atoms with E-state index < -0.39 is 17.7 Å². The number of hydrogen-bond acceptors (Lipinski definition) is 5. The molecular weight excluding hydrogens is 372 g/mol. The van der Waals surface area contributed by atoms with Crippen LogP contribution in [-0.2, 0) is 19.2 Å². The van der Waals surface area contributed by atoms with E-state index in [2.05, 4.69) is 15.3 Å². The lowest BCUT2D eigenvalue weighted by Gasteiger charge is -2.24. The molecule has 1 aromatic heterocycles. The number of hydroxylamine groups is 1. The number of H-pyrrole nitrogens is 1. The Balaban J connectivity index is 2.15. The summed E-state index contributed by atoms with van der Waals surface area (Å²) >= 11 is 6.23. The van der Waals surface area contributed by atoms with Gasteiger partial charge in [0.05, 0.1) is 18.4 Å². The van der Waals surface area contributed by atoms with Gasteiger partial charge in [-0.15, -0.1) is 0 Å². The third-order valence-corrected chi connectivity index (χ3v) is 4.86. The van der Waals surface area contributed by atoms with Gasteiger partial charge in [-0.2, -0.15) is 0 Å². The molecule has 1 aliphatic rings. The fourth-order valence-electron chi connectivity index (χ4n) is 3.29. The molecule has 2 heterocycles. The summed E-state index contributed by atoms with van der Waals surface area (Å²) in [5, 5.41) is 12.3. The van der Waals surface area contributed by atoms with Gasteiger partial charge in [0.15, 0.2) is 0 Å². The maximum absolute atomic E-state index is 12.4. The van der Waals surface area contributed by atoms with Crippen molar-refractivity contribution in [3.05, 3.63) is 40.6 Å². The fourth-order valence-corrected chi connectivity index (χ4v) is 3.52. The molecule has 1 aliphatic heterocycles. The van der Waals surface area contributed by atoms with Gasteiger partial charge in [0.2, 0.25) is 5.79 Å². The van der Waals surface area contributed by atoms with Crippen LogP contribution in [0.1, 0.15) is 38.3 Å². The van der Waals surface area contributed by atoms with Crippen LogP contribution in [0, 0.1) is 0 Å². The fraction of sp³-hybridized carbons (Fsp3) is 0.368. The number of hydrogen-bond donors (Lipinski definition) is 3. The average molecular weight is 393 g/mol. The molecule has 144 valence electrons. The maximum Gasteiger partial charge on any atom is 0.347 e. The molecule has 3 N–H and O–H groups in total. The van der Waals surface area contributed by atoms with Crippen molar-refractivity contribution in [2.75, 3.05) is 7.11 Å². The SMILES string of the molecule is CCCCCC1(O)OC(=O)C(C(=O)NOC)=C1c1cc2c(Cl)cccc2[nH]1. The lowest BCUT2D eigenvalue weighted by molar-refractivity contribution is -0.178. The Morgan fingerprint density at radius 2 is 2.19 bits per heavy atom. The standard InChI is InChI=1S/C19H21ClN2O5/c1-3-4-5-9-19(25)16(15(18(24)27-19)17(23)22-26-2)14-10-11-12(20)7-6-8-13(11)21-14/h6-8,10,21,25H,3-5,9H2,1-2H3,(H,22,23). The van der Waals surface area contributed by atoms with Crippen LogP contribution in [0.4, 0.5) is 0 Å². The van der Waals surface area contributed by atoms with Gasteiger partial charge in [-0.05, 0) is 24.6 Å². The van der Waals surface area contributed by atoms with Crippen LogP contribution in [0.25, 0.3) is 16.5 Å². The number of rotatable bonds is 7. The molecule has 1 atom stereocenters. The first-order valence-electron chi connectivity index (χ1n) is 8.72. The van der Waals surface area contributed by atoms with Crippen molar-refractivity contribution < 1.29 is 24.3 Å². The molecule has 0 radical (unpaired) electrons. The van der Waals surface area contributed by atoms with E-state index in [1.165, 1.54) is 7.11 Å². The van der Waals surface area contributed by atoms with E-state index in [1.807, 2.05) is 13.0 Å². The number of esters is 1. The number of aliphatic hydroxyl groups is 1. The number of fused-ring (bicyclic) bond motifs is 1. The van der Waals surface area contributed by atoms with Crippen molar-refractivity contribution in [2.24, 2.45) is 0 Å². The van der Waals surface area contributed by atoms with Crippen molar-refractivity contribution in [3.8, 4) is 0 Å². The largest absolute Gasteiger partial charge is 0.425 e. The molecule has 1 amide bonds. The van der Waals surface area contributed by atoms with Crippen LogP contribution in [0.3, 0.4) is 0 Å². The van der Waals surface area contributed by atoms with Crippen LogP contribution in [0.15, 0.2) is 29.8 Å². The Kier molecular flexibility index (Phi) is 5.55. The highest BCUT2D eigenvalue weighted by molar-refractivity contribution is 6.35. The maximum atomic E-state index is 12.4. The quantitative estimate of drug-likeness (QED) is 0.291. The molecule has 2 aromatic rings.